The average molecular weight is 341 g/mol. The lowest BCUT2D eigenvalue weighted by molar-refractivity contribution is -0.121. The van der Waals surface area contributed by atoms with Gasteiger partial charge in [0.05, 0.1) is 6.07 Å². The summed E-state index contributed by atoms with van der Waals surface area (Å²) >= 11 is 0. The molecule has 1 atom stereocenters. The van der Waals surface area contributed by atoms with E-state index in [1.165, 1.54) is 0 Å². The smallest absolute Gasteiger partial charge is 0.343 e. The number of hydrogen-bond donors (Lipinski definition) is 2. The van der Waals surface area contributed by atoms with Crippen LogP contribution >= 0.6 is 0 Å². The van der Waals surface area contributed by atoms with Crippen molar-refractivity contribution < 1.29 is 26.4 Å². The molecule has 126 valence electrons. The number of carbonyl (C=O) groups is 1. The Morgan fingerprint density at radius 1 is 1.27 bits per heavy atom. The van der Waals surface area contributed by atoms with E-state index < -0.39 is 33.9 Å². The minimum atomic E-state index is -5.51. The highest BCUT2D eigenvalue weighted by Gasteiger charge is 2.47. The number of hydrogen-bond acceptors (Lipinski definition) is 4. The molecule has 0 spiro atoms. The van der Waals surface area contributed by atoms with Crippen LogP contribution in [0.25, 0.3) is 0 Å². The first-order chi connectivity index (χ1) is 10.2. The fraction of sp³-hybridized carbons (Fsp3) is 0.833. The second-order valence-electron chi connectivity index (χ2n) is 5.21. The fourth-order valence-electron chi connectivity index (χ4n) is 2.52. The monoisotopic (exact) mass is 341 g/mol. The Labute approximate surface area is 127 Å². The largest absolute Gasteiger partial charge is 0.511 e. The minimum absolute atomic E-state index is 0.276. The van der Waals surface area contributed by atoms with Crippen molar-refractivity contribution in [3.8, 4) is 6.07 Å². The van der Waals surface area contributed by atoms with E-state index in [1.54, 1.807) is 10.8 Å². The number of nitrogens with one attached hydrogen (secondary N) is 2. The van der Waals surface area contributed by atoms with Crippen LogP contribution in [0.1, 0.15) is 38.5 Å². The zero-order valence-corrected chi connectivity index (χ0v) is 12.6. The van der Waals surface area contributed by atoms with Gasteiger partial charge in [-0.25, -0.2) is 13.1 Å². The van der Waals surface area contributed by atoms with Gasteiger partial charge in [0.1, 0.15) is 6.54 Å². The first-order valence-corrected chi connectivity index (χ1v) is 8.38. The summed E-state index contributed by atoms with van der Waals surface area (Å²) in [5.41, 5.74) is -5.41. The number of halogens is 3. The summed E-state index contributed by atoms with van der Waals surface area (Å²) in [5.74, 6) is -0.972. The topological polar surface area (TPSA) is 99.1 Å². The van der Waals surface area contributed by atoms with Gasteiger partial charge in [-0.05, 0) is 18.8 Å². The Morgan fingerprint density at radius 3 is 2.36 bits per heavy atom. The van der Waals surface area contributed by atoms with Gasteiger partial charge in [-0.3, -0.25) is 4.79 Å². The van der Waals surface area contributed by atoms with Gasteiger partial charge < -0.3 is 5.32 Å². The van der Waals surface area contributed by atoms with E-state index in [-0.39, 0.29) is 12.5 Å². The van der Waals surface area contributed by atoms with Gasteiger partial charge in [-0.2, -0.15) is 18.4 Å². The molecule has 2 N–H and O–H groups in total. The summed E-state index contributed by atoms with van der Waals surface area (Å²) in [6, 6.07) is 0.554. The van der Waals surface area contributed by atoms with E-state index in [9.17, 15) is 26.4 Å². The van der Waals surface area contributed by atoms with Crippen molar-refractivity contribution in [1.29, 1.82) is 5.26 Å². The Hall–Kier alpha value is -1.34. The molecule has 6 nitrogen and oxygen atoms in total. The standard InChI is InChI=1S/C12H18F3N3O3S/c13-12(14,15)22(20,21)18-10(8-11(19)17-7-6-16)9-4-2-1-3-5-9/h9-10,18H,1-5,7-8H2,(H,17,19). The van der Waals surface area contributed by atoms with Crippen molar-refractivity contribution in [2.24, 2.45) is 5.92 Å². The van der Waals surface area contributed by atoms with Crippen LogP contribution in [-0.2, 0) is 14.8 Å². The number of nitriles is 1. The lowest BCUT2D eigenvalue weighted by Crippen LogP contribution is -2.48. The van der Waals surface area contributed by atoms with Gasteiger partial charge >= 0.3 is 15.5 Å². The molecule has 0 saturated heterocycles. The predicted octanol–water partition coefficient (Wildman–Crippen LogP) is 1.40. The number of nitrogens with zero attached hydrogens (tertiary/aromatic N) is 1. The molecule has 0 aliphatic heterocycles. The van der Waals surface area contributed by atoms with Gasteiger partial charge in [0.2, 0.25) is 5.91 Å². The molecule has 0 bridgehead atoms. The quantitative estimate of drug-likeness (QED) is 0.714. The van der Waals surface area contributed by atoms with Gasteiger partial charge in [0.15, 0.2) is 0 Å². The van der Waals surface area contributed by atoms with Gasteiger partial charge in [0.25, 0.3) is 0 Å². The van der Waals surface area contributed by atoms with E-state index in [0.29, 0.717) is 12.8 Å². The maximum Gasteiger partial charge on any atom is 0.511 e. The Morgan fingerprint density at radius 2 is 1.86 bits per heavy atom. The molecule has 0 aromatic carbocycles. The van der Waals surface area contributed by atoms with E-state index >= 15 is 0 Å². The van der Waals surface area contributed by atoms with Gasteiger partial charge in [-0.1, -0.05) is 19.3 Å². The second kappa shape index (κ2) is 7.78. The van der Waals surface area contributed by atoms with E-state index in [1.807, 2.05) is 0 Å². The van der Waals surface area contributed by atoms with Crippen molar-refractivity contribution in [1.82, 2.24) is 10.0 Å². The summed E-state index contributed by atoms with van der Waals surface area (Å²) < 4.78 is 61.7. The molecule has 0 heterocycles. The van der Waals surface area contributed by atoms with Crippen LogP contribution in [0.3, 0.4) is 0 Å². The van der Waals surface area contributed by atoms with Crippen LogP contribution < -0.4 is 10.0 Å². The molecule has 1 fully saturated rings. The van der Waals surface area contributed by atoms with Crippen molar-refractivity contribution in [2.45, 2.75) is 50.1 Å². The first kappa shape index (κ1) is 18.7. The zero-order chi connectivity index (χ0) is 16.8. The molecule has 0 aromatic heterocycles. The molecule has 1 amide bonds. The van der Waals surface area contributed by atoms with Crippen LogP contribution in [-0.4, -0.2) is 32.4 Å². The number of rotatable bonds is 6. The van der Waals surface area contributed by atoms with Gasteiger partial charge in [-0.15, -0.1) is 0 Å². The lowest BCUT2D eigenvalue weighted by atomic mass is 9.83. The maximum atomic E-state index is 12.5. The van der Waals surface area contributed by atoms with Gasteiger partial charge in [0, 0.05) is 12.5 Å². The van der Waals surface area contributed by atoms with E-state index in [2.05, 4.69) is 5.32 Å². The number of alkyl halides is 3. The predicted molar refractivity (Wildman–Crippen MR) is 71.7 cm³/mol. The number of sulfonamides is 1. The molecule has 1 saturated carbocycles. The zero-order valence-electron chi connectivity index (χ0n) is 11.8. The van der Waals surface area contributed by atoms with Crippen molar-refractivity contribution in [3.05, 3.63) is 0 Å². The van der Waals surface area contributed by atoms with Crippen LogP contribution in [0.2, 0.25) is 0 Å². The second-order valence-corrected chi connectivity index (χ2v) is 6.92. The summed E-state index contributed by atoms with van der Waals surface area (Å²) in [7, 11) is -5.51. The Balaban J connectivity index is 2.82. The molecular formula is C12H18F3N3O3S. The third-order valence-corrected chi connectivity index (χ3v) is 4.82. The molecular weight excluding hydrogens is 323 g/mol. The number of amides is 1. The summed E-state index contributed by atoms with van der Waals surface area (Å²) in [6.45, 7) is -0.276. The SMILES string of the molecule is N#CCNC(=O)CC(NS(=O)(=O)C(F)(F)F)C1CCCCC1. The normalized spacial score (nSPS) is 18.5. The van der Waals surface area contributed by atoms with Crippen LogP contribution in [0.15, 0.2) is 0 Å². The van der Waals surface area contributed by atoms with Crippen LogP contribution in [0, 0.1) is 17.2 Å². The number of carbonyl (C=O) groups excluding carboxylic acids is 1. The fourth-order valence-corrected chi connectivity index (χ4v) is 3.33. The highest BCUT2D eigenvalue weighted by atomic mass is 32.2. The van der Waals surface area contributed by atoms with Crippen molar-refractivity contribution in [2.75, 3.05) is 6.54 Å². The highest BCUT2D eigenvalue weighted by molar-refractivity contribution is 7.90. The molecule has 0 aromatic rings. The average Bonchev–Trinajstić information content (AvgIpc) is 2.44. The van der Waals surface area contributed by atoms with Crippen molar-refractivity contribution >= 4 is 15.9 Å². The van der Waals surface area contributed by atoms with Crippen LogP contribution in [0.4, 0.5) is 13.2 Å². The highest BCUT2D eigenvalue weighted by Crippen LogP contribution is 2.30. The summed E-state index contributed by atoms with van der Waals surface area (Å²) in [4.78, 5) is 11.6. The van der Waals surface area contributed by atoms with Crippen LogP contribution in [0.5, 0.6) is 0 Å². The van der Waals surface area contributed by atoms with E-state index in [4.69, 9.17) is 5.26 Å². The van der Waals surface area contributed by atoms with Crippen molar-refractivity contribution in [3.63, 3.8) is 0 Å². The maximum absolute atomic E-state index is 12.5. The molecule has 22 heavy (non-hydrogen) atoms. The molecule has 1 aliphatic carbocycles. The molecule has 1 rings (SSSR count). The summed E-state index contributed by atoms with van der Waals surface area (Å²) in [6.07, 6.45) is 3.23. The minimum Gasteiger partial charge on any atom is -0.343 e. The third-order valence-electron chi connectivity index (χ3n) is 3.60. The lowest BCUT2D eigenvalue weighted by Gasteiger charge is -2.30. The molecule has 0 radical (unpaired) electrons. The molecule has 1 aliphatic rings. The van der Waals surface area contributed by atoms with E-state index in [0.717, 1.165) is 19.3 Å². The third kappa shape index (κ3) is 5.46. The Kier molecular flexibility index (Phi) is 6.62. The summed E-state index contributed by atoms with van der Waals surface area (Å²) in [5, 5.41) is 10.6. The molecule has 1 unspecified atom stereocenters. The Bertz CT molecular complexity index is 522. The molecule has 10 heteroatoms. The first-order valence-electron chi connectivity index (χ1n) is 6.89.